The number of aromatic nitrogens is 2. The molecule has 0 amide bonds. The third kappa shape index (κ3) is 4.13. The number of aryl methyl sites for hydroxylation is 1. The first-order valence-electron chi connectivity index (χ1n) is 4.75. The number of carboxylic acid groups (broad SMARTS) is 1. The number of carbonyl (C=O) groups is 1. The molecule has 1 aromatic heterocycles. The van der Waals surface area contributed by atoms with Crippen molar-refractivity contribution in [2.75, 3.05) is 14.1 Å². The highest BCUT2D eigenvalue weighted by Gasteiger charge is 2.17. The highest BCUT2D eigenvalue weighted by Crippen LogP contribution is 2.07. The number of hydrogen-bond donors (Lipinski definition) is 2. The lowest BCUT2D eigenvalue weighted by molar-refractivity contribution is -0.137. The lowest BCUT2D eigenvalue weighted by Crippen LogP contribution is -2.35. The largest absolute Gasteiger partial charge is 0.481 e. The first-order valence-corrected chi connectivity index (χ1v) is 6.23. The Morgan fingerprint density at radius 1 is 1.59 bits per heavy atom. The van der Waals surface area contributed by atoms with E-state index in [9.17, 15) is 13.2 Å². The minimum Gasteiger partial charge on any atom is -0.481 e. The van der Waals surface area contributed by atoms with Crippen LogP contribution in [0.25, 0.3) is 0 Å². The van der Waals surface area contributed by atoms with Gasteiger partial charge in [0.25, 0.3) is 10.0 Å². The summed E-state index contributed by atoms with van der Waals surface area (Å²) in [6.45, 7) is 0.132. The van der Waals surface area contributed by atoms with Gasteiger partial charge in [-0.05, 0) is 0 Å². The average molecular weight is 262 g/mol. The number of hydrogen-bond acceptors (Lipinski definition) is 5. The summed E-state index contributed by atoms with van der Waals surface area (Å²) in [6, 6.07) is 0. The van der Waals surface area contributed by atoms with Crippen LogP contribution in [0.4, 0.5) is 0 Å². The number of hydrazine groups is 1. The zero-order valence-electron chi connectivity index (χ0n) is 9.49. The van der Waals surface area contributed by atoms with E-state index in [1.54, 1.807) is 14.1 Å². The fourth-order valence-corrected chi connectivity index (χ4v) is 2.14. The second kappa shape index (κ2) is 5.25. The first-order chi connectivity index (χ1) is 7.81. The standard InChI is InChI=1S/C8H14N4O4S/c1-11(2)10-17(15,16)7-5-9-12(6-7)4-3-8(13)14/h5-6,10H,3-4H2,1-2H3,(H,13,14). The van der Waals surface area contributed by atoms with Crippen molar-refractivity contribution in [1.82, 2.24) is 19.6 Å². The molecule has 8 nitrogen and oxygen atoms in total. The van der Waals surface area contributed by atoms with Gasteiger partial charge in [-0.15, -0.1) is 4.83 Å². The molecule has 0 spiro atoms. The summed E-state index contributed by atoms with van der Waals surface area (Å²) in [6.07, 6.45) is 2.35. The van der Waals surface area contributed by atoms with Gasteiger partial charge in [-0.1, -0.05) is 0 Å². The van der Waals surface area contributed by atoms with Crippen molar-refractivity contribution >= 4 is 16.0 Å². The van der Waals surface area contributed by atoms with E-state index in [2.05, 4.69) is 9.93 Å². The fraction of sp³-hybridized carbons (Fsp3) is 0.500. The molecule has 17 heavy (non-hydrogen) atoms. The van der Waals surface area contributed by atoms with Crippen molar-refractivity contribution < 1.29 is 18.3 Å². The van der Waals surface area contributed by atoms with Crippen LogP contribution in [0.5, 0.6) is 0 Å². The van der Waals surface area contributed by atoms with Crippen molar-refractivity contribution in [1.29, 1.82) is 0 Å². The quantitative estimate of drug-likeness (QED) is 0.645. The predicted octanol–water partition coefficient (Wildman–Crippen LogP) is -0.887. The van der Waals surface area contributed by atoms with Crippen LogP contribution < -0.4 is 4.83 Å². The van der Waals surface area contributed by atoms with Crippen molar-refractivity contribution in [3.05, 3.63) is 12.4 Å². The Morgan fingerprint density at radius 2 is 2.24 bits per heavy atom. The molecule has 2 N–H and O–H groups in total. The molecule has 0 fully saturated rings. The molecule has 0 saturated carbocycles. The van der Waals surface area contributed by atoms with Crippen molar-refractivity contribution in [2.45, 2.75) is 17.9 Å². The molecular formula is C8H14N4O4S. The minimum absolute atomic E-state index is 0.00316. The topological polar surface area (TPSA) is 105 Å². The van der Waals surface area contributed by atoms with Gasteiger partial charge in [0.15, 0.2) is 0 Å². The zero-order valence-corrected chi connectivity index (χ0v) is 10.3. The molecule has 0 aromatic carbocycles. The van der Waals surface area contributed by atoms with Crippen molar-refractivity contribution in [3.63, 3.8) is 0 Å². The van der Waals surface area contributed by atoms with Gasteiger partial charge in [-0.25, -0.2) is 13.4 Å². The molecule has 0 atom stereocenters. The number of aliphatic carboxylic acids is 1. The number of nitrogens with one attached hydrogen (secondary N) is 1. The molecule has 1 heterocycles. The molecule has 0 radical (unpaired) electrons. The zero-order chi connectivity index (χ0) is 13.1. The Hall–Kier alpha value is -1.45. The number of sulfonamides is 1. The van der Waals surface area contributed by atoms with E-state index in [-0.39, 0.29) is 17.9 Å². The van der Waals surface area contributed by atoms with Crippen molar-refractivity contribution in [2.24, 2.45) is 0 Å². The van der Waals surface area contributed by atoms with E-state index < -0.39 is 16.0 Å². The number of carboxylic acids is 1. The average Bonchev–Trinajstić information content (AvgIpc) is 2.61. The summed E-state index contributed by atoms with van der Waals surface area (Å²) in [5.74, 6) is -0.962. The molecule has 0 bridgehead atoms. The van der Waals surface area contributed by atoms with Crippen LogP contribution in [0.15, 0.2) is 17.3 Å². The van der Waals surface area contributed by atoms with Gasteiger partial charge in [0, 0.05) is 20.3 Å². The maximum atomic E-state index is 11.7. The van der Waals surface area contributed by atoms with Crippen LogP contribution in [0, 0.1) is 0 Å². The third-order valence-corrected chi connectivity index (χ3v) is 3.21. The van der Waals surface area contributed by atoms with E-state index >= 15 is 0 Å². The summed E-state index contributed by atoms with van der Waals surface area (Å²) >= 11 is 0. The molecule has 1 rings (SSSR count). The van der Waals surface area contributed by atoms with Gasteiger partial charge in [0.05, 0.1) is 19.2 Å². The number of nitrogens with zero attached hydrogens (tertiary/aromatic N) is 3. The number of rotatable bonds is 6. The normalized spacial score (nSPS) is 11.9. The molecular weight excluding hydrogens is 248 g/mol. The molecule has 0 aliphatic heterocycles. The summed E-state index contributed by atoms with van der Waals surface area (Å²) in [5.41, 5.74) is 0. The van der Waals surface area contributed by atoms with Crippen LogP contribution in [0.3, 0.4) is 0 Å². The molecule has 0 aliphatic rings. The monoisotopic (exact) mass is 262 g/mol. The maximum absolute atomic E-state index is 11.7. The van der Waals surface area contributed by atoms with Gasteiger partial charge in [0.2, 0.25) is 0 Å². The third-order valence-electron chi connectivity index (χ3n) is 1.78. The Labute approximate surface area is 98.9 Å². The summed E-state index contributed by atoms with van der Waals surface area (Å²) in [7, 11) is -0.536. The molecule has 96 valence electrons. The van der Waals surface area contributed by atoms with Gasteiger partial charge in [-0.3, -0.25) is 9.48 Å². The molecule has 0 unspecified atom stereocenters. The van der Waals surface area contributed by atoms with E-state index in [0.717, 1.165) is 0 Å². The first kappa shape index (κ1) is 13.6. The SMILES string of the molecule is CN(C)NS(=O)(=O)c1cnn(CCC(=O)O)c1. The van der Waals surface area contributed by atoms with Gasteiger partial charge < -0.3 is 5.11 Å². The Morgan fingerprint density at radius 3 is 2.76 bits per heavy atom. The van der Waals surface area contributed by atoms with Crippen LogP contribution in [-0.2, 0) is 21.4 Å². The molecule has 0 saturated heterocycles. The van der Waals surface area contributed by atoms with E-state index in [4.69, 9.17) is 5.11 Å². The fourth-order valence-electron chi connectivity index (χ4n) is 1.11. The van der Waals surface area contributed by atoms with Gasteiger partial charge in [-0.2, -0.15) is 5.10 Å². The van der Waals surface area contributed by atoms with Crippen molar-refractivity contribution in [3.8, 4) is 0 Å². The second-order valence-corrected chi connectivity index (χ2v) is 5.23. The van der Waals surface area contributed by atoms with Crippen LogP contribution in [0.2, 0.25) is 0 Å². The molecule has 0 aliphatic carbocycles. The lowest BCUT2D eigenvalue weighted by atomic mass is 10.4. The predicted molar refractivity (Wildman–Crippen MR) is 58.5 cm³/mol. The summed E-state index contributed by atoms with van der Waals surface area (Å²) in [4.78, 5) is 12.6. The maximum Gasteiger partial charge on any atom is 0.305 e. The minimum atomic E-state index is -3.63. The molecule has 9 heteroatoms. The van der Waals surface area contributed by atoms with Gasteiger partial charge in [0.1, 0.15) is 4.90 Å². The van der Waals surface area contributed by atoms with E-state index in [0.29, 0.717) is 0 Å². The van der Waals surface area contributed by atoms with Crippen LogP contribution in [-0.4, -0.2) is 48.4 Å². The summed E-state index contributed by atoms with van der Waals surface area (Å²) in [5, 5.41) is 13.6. The Kier molecular flexibility index (Phi) is 4.21. The van der Waals surface area contributed by atoms with E-state index in [1.807, 2.05) is 0 Å². The second-order valence-electron chi connectivity index (χ2n) is 3.57. The van der Waals surface area contributed by atoms with Crippen LogP contribution in [0.1, 0.15) is 6.42 Å². The Balaban J connectivity index is 2.77. The summed E-state index contributed by atoms with van der Waals surface area (Å²) < 4.78 is 24.6. The smallest absolute Gasteiger partial charge is 0.305 e. The highest BCUT2D eigenvalue weighted by atomic mass is 32.2. The molecule has 1 aromatic rings. The van der Waals surface area contributed by atoms with Gasteiger partial charge >= 0.3 is 5.97 Å². The van der Waals surface area contributed by atoms with E-state index in [1.165, 1.54) is 22.1 Å². The Bertz CT molecular complexity index is 493. The lowest BCUT2D eigenvalue weighted by Gasteiger charge is -2.10. The highest BCUT2D eigenvalue weighted by molar-refractivity contribution is 7.89. The van der Waals surface area contributed by atoms with Crippen LogP contribution >= 0.6 is 0 Å².